The van der Waals surface area contributed by atoms with E-state index >= 15 is 0 Å². The first-order valence-electron chi connectivity index (χ1n) is 9.20. The van der Waals surface area contributed by atoms with Crippen LogP contribution in [0.1, 0.15) is 46.6 Å². The third kappa shape index (κ3) is 3.32. The summed E-state index contributed by atoms with van der Waals surface area (Å²) in [5.41, 5.74) is 4.44. The maximum Gasteiger partial charge on any atom is 0.272 e. The first kappa shape index (κ1) is 16.6. The number of amides is 1. The molecule has 4 rings (SSSR count). The first-order chi connectivity index (χ1) is 12.1. The van der Waals surface area contributed by atoms with Crippen LogP contribution >= 0.6 is 11.6 Å². The standard InChI is InChI=1S/C20H24ClN3O/c1-23-19(17-4-2-3-5-18(17)22-23)20(25)24-11-10-15(13-24)12-14-6-8-16(21)9-7-14/h6-9,15H,2-5,10-13H2,1H3. The fraction of sp³-hybridized carbons (Fsp3) is 0.500. The number of nitrogens with zero attached hydrogens (tertiary/aromatic N) is 3. The summed E-state index contributed by atoms with van der Waals surface area (Å²) in [5.74, 6) is 0.686. The Kier molecular flexibility index (Phi) is 4.55. The quantitative estimate of drug-likeness (QED) is 0.840. The lowest BCUT2D eigenvalue weighted by atomic mass is 9.95. The monoisotopic (exact) mass is 357 g/mol. The molecule has 0 spiro atoms. The van der Waals surface area contributed by atoms with E-state index in [1.807, 2.05) is 28.8 Å². The number of hydrogen-bond donors (Lipinski definition) is 0. The molecule has 5 heteroatoms. The van der Waals surface area contributed by atoms with Crippen molar-refractivity contribution in [3.8, 4) is 0 Å². The summed E-state index contributed by atoms with van der Waals surface area (Å²) in [6.45, 7) is 1.68. The van der Waals surface area contributed by atoms with Crippen LogP contribution in [0, 0.1) is 5.92 Å². The van der Waals surface area contributed by atoms with Gasteiger partial charge in [0.1, 0.15) is 5.69 Å². The lowest BCUT2D eigenvalue weighted by Crippen LogP contribution is -2.31. The van der Waals surface area contributed by atoms with Gasteiger partial charge < -0.3 is 4.90 Å². The van der Waals surface area contributed by atoms with Gasteiger partial charge in [-0.1, -0.05) is 23.7 Å². The van der Waals surface area contributed by atoms with Crippen LogP contribution < -0.4 is 0 Å². The number of likely N-dealkylation sites (tertiary alicyclic amines) is 1. The van der Waals surface area contributed by atoms with Crippen LogP contribution in [0.15, 0.2) is 24.3 Å². The number of hydrogen-bond acceptors (Lipinski definition) is 2. The maximum atomic E-state index is 13.1. The van der Waals surface area contributed by atoms with Crippen molar-refractivity contribution in [3.05, 3.63) is 51.8 Å². The van der Waals surface area contributed by atoms with E-state index in [0.29, 0.717) is 5.92 Å². The highest BCUT2D eigenvalue weighted by atomic mass is 35.5. The molecule has 1 aliphatic carbocycles. The summed E-state index contributed by atoms with van der Waals surface area (Å²) >= 11 is 5.96. The van der Waals surface area contributed by atoms with E-state index in [4.69, 9.17) is 11.6 Å². The van der Waals surface area contributed by atoms with E-state index in [-0.39, 0.29) is 5.91 Å². The third-order valence-electron chi connectivity index (χ3n) is 5.53. The van der Waals surface area contributed by atoms with E-state index in [2.05, 4.69) is 17.2 Å². The topological polar surface area (TPSA) is 38.1 Å². The van der Waals surface area contributed by atoms with Gasteiger partial charge in [0.15, 0.2) is 0 Å². The Hall–Kier alpha value is -1.81. The lowest BCUT2D eigenvalue weighted by Gasteiger charge is -2.18. The van der Waals surface area contributed by atoms with E-state index in [9.17, 15) is 4.79 Å². The zero-order valence-electron chi connectivity index (χ0n) is 14.7. The van der Waals surface area contributed by atoms with Gasteiger partial charge in [-0.15, -0.1) is 0 Å². The van der Waals surface area contributed by atoms with Crippen molar-refractivity contribution in [1.82, 2.24) is 14.7 Å². The molecule has 2 heterocycles. The lowest BCUT2D eigenvalue weighted by molar-refractivity contribution is 0.0775. The summed E-state index contributed by atoms with van der Waals surface area (Å²) in [6, 6.07) is 8.06. The SMILES string of the molecule is Cn1nc2c(c1C(=O)N1CCC(Cc3ccc(Cl)cc3)C1)CCCC2. The van der Waals surface area contributed by atoms with Crippen molar-refractivity contribution in [2.75, 3.05) is 13.1 Å². The molecular formula is C20H24ClN3O. The van der Waals surface area contributed by atoms with Crippen LogP contribution in [-0.4, -0.2) is 33.7 Å². The molecule has 25 heavy (non-hydrogen) atoms. The Morgan fingerprint density at radius 1 is 1.24 bits per heavy atom. The molecule has 4 nitrogen and oxygen atoms in total. The van der Waals surface area contributed by atoms with E-state index in [0.717, 1.165) is 61.6 Å². The average molecular weight is 358 g/mol. The molecule has 1 amide bonds. The van der Waals surface area contributed by atoms with Gasteiger partial charge in [-0.2, -0.15) is 5.10 Å². The molecule has 0 N–H and O–H groups in total. The molecule has 0 bridgehead atoms. The van der Waals surface area contributed by atoms with Crippen molar-refractivity contribution < 1.29 is 4.79 Å². The molecule has 1 fully saturated rings. The second-order valence-corrected chi connectivity index (χ2v) is 7.78. The number of fused-ring (bicyclic) bond motifs is 1. The number of rotatable bonds is 3. The highest BCUT2D eigenvalue weighted by Gasteiger charge is 2.31. The predicted octanol–water partition coefficient (Wildman–Crippen LogP) is 3.66. The summed E-state index contributed by atoms with van der Waals surface area (Å²) in [4.78, 5) is 15.1. The van der Waals surface area contributed by atoms with Gasteiger partial charge >= 0.3 is 0 Å². The first-order valence-corrected chi connectivity index (χ1v) is 9.58. The number of aryl methyl sites for hydroxylation is 2. The fourth-order valence-corrected chi connectivity index (χ4v) is 4.36. The van der Waals surface area contributed by atoms with Gasteiger partial charge in [0.2, 0.25) is 0 Å². The number of benzene rings is 1. The fourth-order valence-electron chi connectivity index (χ4n) is 4.24. The summed E-state index contributed by atoms with van der Waals surface area (Å²) in [5, 5.41) is 5.37. The molecule has 2 aliphatic rings. The molecule has 1 saturated heterocycles. The molecule has 1 unspecified atom stereocenters. The molecule has 132 valence electrons. The summed E-state index contributed by atoms with van der Waals surface area (Å²) < 4.78 is 1.81. The molecule has 0 saturated carbocycles. The summed E-state index contributed by atoms with van der Waals surface area (Å²) in [6.07, 6.45) is 6.42. The number of aromatic nitrogens is 2. The van der Waals surface area contributed by atoms with E-state index in [1.165, 1.54) is 17.5 Å². The number of carbonyl (C=O) groups is 1. The largest absolute Gasteiger partial charge is 0.337 e. The molecule has 1 aromatic heterocycles. The van der Waals surface area contributed by atoms with Crippen molar-refractivity contribution in [3.63, 3.8) is 0 Å². The van der Waals surface area contributed by atoms with E-state index in [1.54, 1.807) is 0 Å². The second-order valence-electron chi connectivity index (χ2n) is 7.34. The molecule has 1 aliphatic heterocycles. The Labute approximate surface area is 153 Å². The molecule has 1 aromatic carbocycles. The maximum absolute atomic E-state index is 13.1. The van der Waals surface area contributed by atoms with Crippen LogP contribution in [0.4, 0.5) is 0 Å². The third-order valence-corrected chi connectivity index (χ3v) is 5.78. The van der Waals surface area contributed by atoms with Crippen LogP contribution in [0.2, 0.25) is 5.02 Å². The number of carbonyl (C=O) groups excluding carboxylic acids is 1. The van der Waals surface area contributed by atoms with Gasteiger partial charge in [0.05, 0.1) is 5.69 Å². The minimum Gasteiger partial charge on any atom is -0.337 e. The Bertz CT molecular complexity index is 781. The minimum absolute atomic E-state index is 0.164. The smallest absolute Gasteiger partial charge is 0.272 e. The second kappa shape index (κ2) is 6.83. The van der Waals surface area contributed by atoms with Crippen molar-refractivity contribution in [2.24, 2.45) is 13.0 Å². The van der Waals surface area contributed by atoms with Gasteiger partial charge in [-0.05, 0) is 62.1 Å². The molecular weight excluding hydrogens is 334 g/mol. The van der Waals surface area contributed by atoms with Crippen LogP contribution in [0.5, 0.6) is 0 Å². The zero-order valence-corrected chi connectivity index (χ0v) is 15.4. The summed E-state index contributed by atoms with van der Waals surface area (Å²) in [7, 11) is 1.91. The van der Waals surface area contributed by atoms with Gasteiger partial charge in [0.25, 0.3) is 5.91 Å². The minimum atomic E-state index is 0.164. The van der Waals surface area contributed by atoms with Crippen LogP contribution in [0.3, 0.4) is 0 Å². The Morgan fingerprint density at radius 2 is 2.00 bits per heavy atom. The normalized spacial score (nSPS) is 19.9. The highest BCUT2D eigenvalue weighted by molar-refractivity contribution is 6.30. The van der Waals surface area contributed by atoms with Crippen LogP contribution in [-0.2, 0) is 26.3 Å². The number of halogens is 1. The predicted molar refractivity (Wildman–Crippen MR) is 99.0 cm³/mol. The van der Waals surface area contributed by atoms with Crippen molar-refractivity contribution in [2.45, 2.75) is 38.5 Å². The Morgan fingerprint density at radius 3 is 2.80 bits per heavy atom. The highest BCUT2D eigenvalue weighted by Crippen LogP contribution is 2.27. The van der Waals surface area contributed by atoms with Gasteiger partial charge in [-0.25, -0.2) is 0 Å². The van der Waals surface area contributed by atoms with Crippen LogP contribution in [0.25, 0.3) is 0 Å². The van der Waals surface area contributed by atoms with Crippen molar-refractivity contribution in [1.29, 1.82) is 0 Å². The zero-order chi connectivity index (χ0) is 17.4. The van der Waals surface area contributed by atoms with Crippen molar-refractivity contribution >= 4 is 17.5 Å². The Balaban J connectivity index is 1.46. The van der Waals surface area contributed by atoms with Gasteiger partial charge in [0, 0.05) is 30.7 Å². The van der Waals surface area contributed by atoms with Gasteiger partial charge in [-0.3, -0.25) is 9.48 Å². The molecule has 2 aromatic rings. The molecule has 1 atom stereocenters. The molecule has 0 radical (unpaired) electrons. The van der Waals surface area contributed by atoms with E-state index < -0.39 is 0 Å². The average Bonchev–Trinajstić information content (AvgIpc) is 3.20.